The zero-order valence-electron chi connectivity index (χ0n) is 22.2. The Kier molecular flexibility index (Phi) is 6.86. The van der Waals surface area contributed by atoms with E-state index in [1.807, 2.05) is 0 Å². The van der Waals surface area contributed by atoms with E-state index in [4.69, 9.17) is 14.5 Å². The van der Waals surface area contributed by atoms with Crippen molar-refractivity contribution in [1.29, 1.82) is 0 Å². The Balaban J connectivity index is 1.33. The molecule has 6 rings (SSSR count). The van der Waals surface area contributed by atoms with E-state index in [1.165, 1.54) is 25.4 Å². The molecule has 1 N–H and O–H groups in total. The largest absolute Gasteiger partial charge is 0.491 e. The van der Waals surface area contributed by atoms with Gasteiger partial charge in [-0.1, -0.05) is 25.1 Å². The number of halogens is 3. The molecule has 1 atom stereocenters. The second kappa shape index (κ2) is 10.6. The number of nitrogens with one attached hydrogen (secondary N) is 1. The minimum Gasteiger partial charge on any atom is -0.491 e. The molecule has 3 heterocycles. The average Bonchev–Trinajstić information content (AvgIpc) is 3.58. The van der Waals surface area contributed by atoms with Gasteiger partial charge in [-0.15, -0.1) is 0 Å². The van der Waals surface area contributed by atoms with Crippen LogP contribution in [0.15, 0.2) is 54.7 Å². The van der Waals surface area contributed by atoms with Crippen LogP contribution in [-0.2, 0) is 22.5 Å². The highest BCUT2D eigenvalue weighted by molar-refractivity contribution is 5.82. The topological polar surface area (TPSA) is 91.3 Å². The number of hydrogen-bond donors (Lipinski definition) is 1. The number of fused-ring (bicyclic) bond motifs is 4. The third-order valence-corrected chi connectivity index (χ3v) is 7.15. The molecular formula is C30H25F3N4O4. The number of esters is 1. The number of methoxy groups -OCH3 is 1. The molecule has 5 aromatic rings. The van der Waals surface area contributed by atoms with Crippen LogP contribution in [0.4, 0.5) is 13.2 Å². The number of aromatic amines is 1. The summed E-state index contributed by atoms with van der Waals surface area (Å²) in [6.07, 6.45) is 1.79. The zero-order chi connectivity index (χ0) is 28.7. The molecule has 210 valence electrons. The number of aryl methyl sites for hydroxylation is 1. The molecule has 0 radical (unpaired) electrons. The van der Waals surface area contributed by atoms with E-state index in [0.717, 1.165) is 0 Å². The van der Waals surface area contributed by atoms with Gasteiger partial charge >= 0.3 is 5.97 Å². The molecule has 3 aromatic carbocycles. The van der Waals surface area contributed by atoms with Crippen molar-refractivity contribution in [3.63, 3.8) is 0 Å². The van der Waals surface area contributed by atoms with Crippen LogP contribution >= 0.6 is 0 Å². The Bertz CT molecular complexity index is 1780. The van der Waals surface area contributed by atoms with Gasteiger partial charge in [-0.25, -0.2) is 22.8 Å². The van der Waals surface area contributed by atoms with Gasteiger partial charge in [0.1, 0.15) is 23.9 Å². The highest BCUT2D eigenvalue weighted by Crippen LogP contribution is 2.39. The minimum atomic E-state index is -0.848. The van der Waals surface area contributed by atoms with Gasteiger partial charge in [0.15, 0.2) is 29.0 Å². The van der Waals surface area contributed by atoms with Gasteiger partial charge in [0.05, 0.1) is 24.7 Å². The standard InChI is InChI=1S/C30H25F3N4O4/c1-16(19-5-3-4-17(26(19)32)6-9-25(38)39-2)29-35-30-21-14-18(7-8-24(21)40-13-12-37(30)36-29)41-28-22(31)15-23-20(27(28)33)10-11-34-23/h3-5,7-8,10-11,14-16,34H,6,9,12-13H2,1-2H3. The van der Waals surface area contributed by atoms with Crippen LogP contribution in [0.25, 0.3) is 22.3 Å². The third-order valence-electron chi connectivity index (χ3n) is 7.15. The number of hydrogen-bond acceptors (Lipinski definition) is 6. The van der Waals surface area contributed by atoms with Gasteiger partial charge in [0.2, 0.25) is 0 Å². The fourth-order valence-electron chi connectivity index (χ4n) is 4.94. The molecule has 0 amide bonds. The van der Waals surface area contributed by atoms with Gasteiger partial charge in [-0.3, -0.25) is 4.79 Å². The van der Waals surface area contributed by atoms with E-state index in [-0.39, 0.29) is 24.0 Å². The van der Waals surface area contributed by atoms with Crippen LogP contribution in [-0.4, -0.2) is 39.4 Å². The fraction of sp³-hybridized carbons (Fsp3) is 0.233. The first-order valence-corrected chi connectivity index (χ1v) is 13.0. The van der Waals surface area contributed by atoms with E-state index in [1.54, 1.807) is 48.0 Å². The lowest BCUT2D eigenvalue weighted by Gasteiger charge is -2.13. The maximum Gasteiger partial charge on any atom is 0.305 e. The summed E-state index contributed by atoms with van der Waals surface area (Å²) in [6.45, 7) is 2.49. The number of ether oxygens (including phenoxy) is 3. The predicted molar refractivity (Wildman–Crippen MR) is 143 cm³/mol. The van der Waals surface area contributed by atoms with E-state index >= 15 is 8.78 Å². The predicted octanol–water partition coefficient (Wildman–Crippen LogP) is 6.29. The van der Waals surface area contributed by atoms with Crippen LogP contribution in [0.3, 0.4) is 0 Å². The Morgan fingerprint density at radius 2 is 2.00 bits per heavy atom. The van der Waals surface area contributed by atoms with Crippen molar-refractivity contribution >= 4 is 16.9 Å². The Labute approximate surface area is 232 Å². The number of benzene rings is 3. The smallest absolute Gasteiger partial charge is 0.305 e. The van der Waals surface area contributed by atoms with Crippen molar-refractivity contribution in [2.75, 3.05) is 13.7 Å². The third kappa shape index (κ3) is 4.88. The summed E-state index contributed by atoms with van der Waals surface area (Å²) in [5.41, 5.74) is 1.63. The molecule has 0 saturated heterocycles. The van der Waals surface area contributed by atoms with Crippen molar-refractivity contribution in [3.8, 4) is 28.6 Å². The molecule has 1 aliphatic heterocycles. The number of H-pyrrole nitrogens is 1. The summed E-state index contributed by atoms with van der Waals surface area (Å²) in [5.74, 6) is -2.01. The second-order valence-electron chi connectivity index (χ2n) is 9.68. The summed E-state index contributed by atoms with van der Waals surface area (Å²) >= 11 is 0. The van der Waals surface area contributed by atoms with E-state index < -0.39 is 35.1 Å². The maximum atomic E-state index is 15.4. The molecule has 1 aliphatic rings. The molecule has 0 bridgehead atoms. The summed E-state index contributed by atoms with van der Waals surface area (Å²) in [5, 5.41) is 4.84. The van der Waals surface area contributed by atoms with Crippen LogP contribution in [0.5, 0.6) is 17.2 Å². The lowest BCUT2D eigenvalue weighted by atomic mass is 9.96. The number of carbonyl (C=O) groups is 1. The highest BCUT2D eigenvalue weighted by Gasteiger charge is 2.26. The molecule has 0 aliphatic carbocycles. The lowest BCUT2D eigenvalue weighted by Crippen LogP contribution is -2.09. The molecule has 0 saturated carbocycles. The molecule has 1 unspecified atom stereocenters. The number of nitrogens with zero attached hydrogens (tertiary/aromatic N) is 3. The molecule has 0 spiro atoms. The summed E-state index contributed by atoms with van der Waals surface area (Å²) < 4.78 is 63.0. The molecule has 8 nitrogen and oxygen atoms in total. The number of rotatable bonds is 7. The Hall–Kier alpha value is -4.80. The summed E-state index contributed by atoms with van der Waals surface area (Å²) in [7, 11) is 1.29. The van der Waals surface area contributed by atoms with Gasteiger partial charge in [-0.2, -0.15) is 5.10 Å². The monoisotopic (exact) mass is 562 g/mol. The quantitative estimate of drug-likeness (QED) is 0.235. The van der Waals surface area contributed by atoms with Gasteiger partial charge < -0.3 is 19.2 Å². The number of aromatic nitrogens is 4. The van der Waals surface area contributed by atoms with Crippen molar-refractivity contribution in [1.82, 2.24) is 19.7 Å². The fourth-order valence-corrected chi connectivity index (χ4v) is 4.94. The van der Waals surface area contributed by atoms with Crippen LogP contribution in [0.2, 0.25) is 0 Å². The molecular weight excluding hydrogens is 537 g/mol. The van der Waals surface area contributed by atoms with E-state index in [9.17, 15) is 9.18 Å². The van der Waals surface area contributed by atoms with Crippen LogP contribution < -0.4 is 9.47 Å². The van der Waals surface area contributed by atoms with Crippen molar-refractivity contribution in [3.05, 3.63) is 89.1 Å². The first kappa shape index (κ1) is 26.4. The van der Waals surface area contributed by atoms with Gasteiger partial charge in [-0.05, 0) is 41.8 Å². The van der Waals surface area contributed by atoms with Gasteiger partial charge in [0.25, 0.3) is 0 Å². The average molecular weight is 563 g/mol. The molecule has 0 fully saturated rings. The molecule has 41 heavy (non-hydrogen) atoms. The summed E-state index contributed by atoms with van der Waals surface area (Å²) in [6, 6.07) is 12.5. The number of carbonyl (C=O) groups excluding carboxylic acids is 1. The van der Waals surface area contributed by atoms with E-state index in [2.05, 4.69) is 14.8 Å². The Morgan fingerprint density at radius 3 is 2.83 bits per heavy atom. The van der Waals surface area contributed by atoms with Gasteiger partial charge in [0, 0.05) is 30.0 Å². The first-order chi connectivity index (χ1) is 19.8. The minimum absolute atomic E-state index is 0.0658. The van der Waals surface area contributed by atoms with Crippen molar-refractivity contribution < 1.29 is 32.2 Å². The SMILES string of the molecule is COC(=O)CCc1cccc(C(C)c2nc3n(n2)CCOc2ccc(Oc4c(F)cc5[nH]ccc5c4F)cc2-3)c1F. The van der Waals surface area contributed by atoms with E-state index in [0.29, 0.717) is 52.8 Å². The normalized spacial score (nSPS) is 13.2. The molecule has 2 aromatic heterocycles. The van der Waals surface area contributed by atoms with Crippen LogP contribution in [0, 0.1) is 17.5 Å². The molecule has 11 heteroatoms. The van der Waals surface area contributed by atoms with Crippen molar-refractivity contribution in [2.24, 2.45) is 0 Å². The summed E-state index contributed by atoms with van der Waals surface area (Å²) in [4.78, 5) is 19.1. The zero-order valence-corrected chi connectivity index (χ0v) is 22.2. The van der Waals surface area contributed by atoms with Crippen molar-refractivity contribution in [2.45, 2.75) is 32.2 Å². The second-order valence-corrected chi connectivity index (χ2v) is 9.68. The van der Waals surface area contributed by atoms with Crippen LogP contribution in [0.1, 0.15) is 36.2 Å². The lowest BCUT2D eigenvalue weighted by molar-refractivity contribution is -0.140. The maximum absolute atomic E-state index is 15.4. The Morgan fingerprint density at radius 1 is 1.15 bits per heavy atom. The first-order valence-electron chi connectivity index (χ1n) is 13.0. The highest BCUT2D eigenvalue weighted by atomic mass is 19.1.